The molecule has 1 amide bonds. The Morgan fingerprint density at radius 2 is 1.74 bits per heavy atom. The second kappa shape index (κ2) is 6.29. The van der Waals surface area contributed by atoms with E-state index in [2.05, 4.69) is 5.32 Å². The summed E-state index contributed by atoms with van der Waals surface area (Å²) < 4.78 is 0. The molecular formula is C14H10Cl3NO. The minimum atomic E-state index is -0.245. The minimum Gasteiger partial charge on any atom is -0.321 e. The zero-order chi connectivity index (χ0) is 13.8. The SMILES string of the molecule is O=C(Nc1cccc(Cl)c1Cl)c1ccc(CCl)cc1. The van der Waals surface area contributed by atoms with Crippen molar-refractivity contribution >= 4 is 46.4 Å². The first-order valence-electron chi connectivity index (χ1n) is 5.52. The van der Waals surface area contributed by atoms with Gasteiger partial charge in [-0.25, -0.2) is 0 Å². The molecular weight excluding hydrogens is 305 g/mol. The largest absolute Gasteiger partial charge is 0.321 e. The van der Waals surface area contributed by atoms with E-state index in [-0.39, 0.29) is 5.91 Å². The average Bonchev–Trinajstić information content (AvgIpc) is 2.44. The molecule has 0 unspecified atom stereocenters. The lowest BCUT2D eigenvalue weighted by molar-refractivity contribution is 0.102. The molecule has 0 radical (unpaired) electrons. The standard InChI is InChI=1S/C14H10Cl3NO/c15-8-9-4-6-10(7-5-9)14(19)18-12-3-1-2-11(16)13(12)17/h1-7H,8H2,(H,18,19). The van der Waals surface area contributed by atoms with E-state index < -0.39 is 0 Å². The van der Waals surface area contributed by atoms with Crippen LogP contribution in [0.1, 0.15) is 15.9 Å². The highest BCUT2D eigenvalue weighted by molar-refractivity contribution is 6.44. The molecule has 0 aliphatic carbocycles. The van der Waals surface area contributed by atoms with Gasteiger partial charge in [-0.05, 0) is 29.8 Å². The summed E-state index contributed by atoms with van der Waals surface area (Å²) in [5, 5.41) is 3.45. The molecule has 0 heterocycles. The van der Waals surface area contributed by atoms with Gasteiger partial charge in [0.15, 0.2) is 0 Å². The monoisotopic (exact) mass is 313 g/mol. The second-order valence-corrected chi connectivity index (χ2v) is 4.94. The molecule has 1 N–H and O–H groups in total. The fourth-order valence-electron chi connectivity index (χ4n) is 1.54. The summed E-state index contributed by atoms with van der Waals surface area (Å²) in [5.74, 6) is 0.174. The van der Waals surface area contributed by atoms with Crippen LogP contribution < -0.4 is 5.32 Å². The normalized spacial score (nSPS) is 10.3. The molecule has 0 aliphatic heterocycles. The number of nitrogens with one attached hydrogen (secondary N) is 1. The molecule has 0 aliphatic rings. The molecule has 2 nitrogen and oxygen atoms in total. The highest BCUT2D eigenvalue weighted by Crippen LogP contribution is 2.29. The van der Waals surface area contributed by atoms with Crippen molar-refractivity contribution in [2.24, 2.45) is 0 Å². The number of alkyl halides is 1. The van der Waals surface area contributed by atoms with Crippen LogP contribution in [-0.4, -0.2) is 5.91 Å². The van der Waals surface area contributed by atoms with E-state index in [4.69, 9.17) is 34.8 Å². The predicted molar refractivity (Wildman–Crippen MR) is 80.4 cm³/mol. The zero-order valence-corrected chi connectivity index (χ0v) is 12.1. The van der Waals surface area contributed by atoms with Crippen molar-refractivity contribution < 1.29 is 4.79 Å². The summed E-state index contributed by atoms with van der Waals surface area (Å²) in [6.07, 6.45) is 0. The number of hydrogen-bond donors (Lipinski definition) is 1. The van der Waals surface area contributed by atoms with Crippen LogP contribution in [0.3, 0.4) is 0 Å². The lowest BCUT2D eigenvalue weighted by Gasteiger charge is -2.08. The summed E-state index contributed by atoms with van der Waals surface area (Å²) in [4.78, 5) is 12.0. The Morgan fingerprint density at radius 1 is 1.05 bits per heavy atom. The smallest absolute Gasteiger partial charge is 0.255 e. The van der Waals surface area contributed by atoms with Gasteiger partial charge in [-0.3, -0.25) is 4.79 Å². The van der Waals surface area contributed by atoms with E-state index in [1.54, 1.807) is 30.3 Å². The number of carbonyl (C=O) groups is 1. The molecule has 2 aromatic carbocycles. The number of amides is 1. The van der Waals surface area contributed by atoms with Gasteiger partial charge in [-0.2, -0.15) is 0 Å². The van der Waals surface area contributed by atoms with Gasteiger partial charge in [0, 0.05) is 11.4 Å². The van der Waals surface area contributed by atoms with Crippen LogP contribution in [0, 0.1) is 0 Å². The molecule has 0 saturated heterocycles. The van der Waals surface area contributed by atoms with Gasteiger partial charge < -0.3 is 5.32 Å². The molecule has 5 heteroatoms. The van der Waals surface area contributed by atoms with Crippen LogP contribution in [0.4, 0.5) is 5.69 Å². The fraction of sp³-hybridized carbons (Fsp3) is 0.0714. The van der Waals surface area contributed by atoms with Gasteiger partial charge in [0.25, 0.3) is 5.91 Å². The van der Waals surface area contributed by atoms with Gasteiger partial charge in [-0.1, -0.05) is 41.4 Å². The quantitative estimate of drug-likeness (QED) is 0.795. The zero-order valence-electron chi connectivity index (χ0n) is 9.79. The van der Waals surface area contributed by atoms with E-state index in [9.17, 15) is 4.79 Å². The van der Waals surface area contributed by atoms with Crippen molar-refractivity contribution in [3.8, 4) is 0 Å². The molecule has 0 aromatic heterocycles. The number of carbonyl (C=O) groups excluding carboxylic acids is 1. The fourth-order valence-corrected chi connectivity index (χ4v) is 2.07. The number of anilines is 1. The minimum absolute atomic E-state index is 0.245. The first-order chi connectivity index (χ1) is 9.11. The first kappa shape index (κ1) is 14.2. The van der Waals surface area contributed by atoms with E-state index in [1.165, 1.54) is 0 Å². The van der Waals surface area contributed by atoms with Crippen LogP contribution in [0.5, 0.6) is 0 Å². The first-order valence-corrected chi connectivity index (χ1v) is 6.81. The lowest BCUT2D eigenvalue weighted by Crippen LogP contribution is -2.12. The maximum absolute atomic E-state index is 12.0. The topological polar surface area (TPSA) is 29.1 Å². The molecule has 0 fully saturated rings. The molecule has 0 saturated carbocycles. The number of benzene rings is 2. The Balaban J connectivity index is 2.18. The van der Waals surface area contributed by atoms with Crippen molar-refractivity contribution in [1.29, 1.82) is 0 Å². The molecule has 0 bridgehead atoms. The van der Waals surface area contributed by atoms with Crippen molar-refractivity contribution in [1.82, 2.24) is 0 Å². The van der Waals surface area contributed by atoms with Gasteiger partial charge >= 0.3 is 0 Å². The Bertz CT molecular complexity index is 596. The summed E-state index contributed by atoms with van der Waals surface area (Å²) in [6, 6.07) is 12.1. The maximum Gasteiger partial charge on any atom is 0.255 e. The molecule has 98 valence electrons. The lowest BCUT2D eigenvalue weighted by atomic mass is 10.1. The molecule has 19 heavy (non-hydrogen) atoms. The number of hydrogen-bond acceptors (Lipinski definition) is 1. The van der Waals surface area contributed by atoms with Crippen LogP contribution in [0.2, 0.25) is 10.0 Å². The van der Waals surface area contributed by atoms with E-state index >= 15 is 0 Å². The van der Waals surface area contributed by atoms with Crippen molar-refractivity contribution in [2.75, 3.05) is 5.32 Å². The molecule has 0 atom stereocenters. The predicted octanol–water partition coefficient (Wildman–Crippen LogP) is 4.98. The third-order valence-corrected chi connectivity index (χ3v) is 3.70. The molecule has 2 aromatic rings. The summed E-state index contributed by atoms with van der Waals surface area (Å²) in [6.45, 7) is 0. The number of rotatable bonds is 3. The van der Waals surface area contributed by atoms with Crippen molar-refractivity contribution in [2.45, 2.75) is 5.88 Å². The van der Waals surface area contributed by atoms with Gasteiger partial charge in [-0.15, -0.1) is 11.6 Å². The summed E-state index contributed by atoms with van der Waals surface area (Å²) >= 11 is 17.6. The Hall–Kier alpha value is -1.22. The van der Waals surface area contributed by atoms with Crippen molar-refractivity contribution in [3.63, 3.8) is 0 Å². The third kappa shape index (κ3) is 3.41. The van der Waals surface area contributed by atoms with Gasteiger partial charge in [0.1, 0.15) is 0 Å². The Kier molecular flexibility index (Phi) is 4.70. The van der Waals surface area contributed by atoms with E-state index in [0.29, 0.717) is 27.2 Å². The number of halogens is 3. The summed E-state index contributed by atoms with van der Waals surface area (Å²) in [5.41, 5.74) is 1.98. The second-order valence-electron chi connectivity index (χ2n) is 3.89. The van der Waals surface area contributed by atoms with Crippen LogP contribution in [-0.2, 0) is 5.88 Å². The highest BCUT2D eigenvalue weighted by atomic mass is 35.5. The molecule has 0 spiro atoms. The van der Waals surface area contributed by atoms with E-state index in [1.807, 2.05) is 12.1 Å². The van der Waals surface area contributed by atoms with E-state index in [0.717, 1.165) is 5.56 Å². The van der Waals surface area contributed by atoms with Crippen LogP contribution >= 0.6 is 34.8 Å². The highest BCUT2D eigenvalue weighted by Gasteiger charge is 2.10. The van der Waals surface area contributed by atoms with Crippen LogP contribution in [0.15, 0.2) is 42.5 Å². The average molecular weight is 315 g/mol. The maximum atomic E-state index is 12.0. The van der Waals surface area contributed by atoms with Crippen LogP contribution in [0.25, 0.3) is 0 Å². The van der Waals surface area contributed by atoms with Gasteiger partial charge in [0.2, 0.25) is 0 Å². The Labute approximate surface area is 126 Å². The Morgan fingerprint density at radius 3 is 2.37 bits per heavy atom. The van der Waals surface area contributed by atoms with Gasteiger partial charge in [0.05, 0.1) is 15.7 Å². The summed E-state index contributed by atoms with van der Waals surface area (Å²) in [7, 11) is 0. The molecule has 2 rings (SSSR count). The van der Waals surface area contributed by atoms with Crippen molar-refractivity contribution in [3.05, 3.63) is 63.6 Å². The third-order valence-electron chi connectivity index (χ3n) is 2.57.